The molecule has 0 bridgehead atoms. The highest BCUT2D eigenvalue weighted by Crippen LogP contribution is 2.63. The first-order chi connectivity index (χ1) is 15.4. The Morgan fingerprint density at radius 3 is 2.97 bits per heavy atom. The van der Waals surface area contributed by atoms with Crippen LogP contribution in [0, 0.1) is 35.0 Å². The smallest absolute Gasteiger partial charge is 0.109 e. The maximum Gasteiger partial charge on any atom is 0.109 e. The molecule has 5 aliphatic rings. The minimum absolute atomic E-state index is 0.00748. The monoisotopic (exact) mass is 438 g/mol. The van der Waals surface area contributed by atoms with Crippen molar-refractivity contribution in [1.29, 1.82) is 0 Å². The Labute approximate surface area is 193 Å². The third kappa shape index (κ3) is 3.25. The van der Waals surface area contributed by atoms with E-state index in [9.17, 15) is 0 Å². The van der Waals surface area contributed by atoms with E-state index in [-0.39, 0.29) is 11.8 Å². The maximum atomic E-state index is 6.74. The Bertz CT molecular complexity index is 907. The third-order valence-electron chi connectivity index (χ3n) is 10.5. The summed E-state index contributed by atoms with van der Waals surface area (Å²) in [5, 5.41) is 11.4. The lowest BCUT2D eigenvalue weighted by Crippen LogP contribution is -2.47. The first-order valence-electron chi connectivity index (χ1n) is 13.2. The van der Waals surface area contributed by atoms with E-state index in [1.54, 1.807) is 5.57 Å². The van der Waals surface area contributed by atoms with Gasteiger partial charge in [-0.05, 0) is 112 Å². The molecule has 0 radical (unpaired) electrons. The predicted octanol–water partition coefficient (Wildman–Crippen LogP) is 4.35. The van der Waals surface area contributed by atoms with Gasteiger partial charge in [0.25, 0.3) is 0 Å². The number of aromatic amines is 1. The molecular weight excluding hydrogens is 396 g/mol. The van der Waals surface area contributed by atoms with Crippen LogP contribution in [0.2, 0.25) is 0 Å². The molecule has 5 heteroatoms. The number of rotatable bonds is 3. The standard InChI is InChI=1S/C27H42N4O/c1-16(13-28)8-25-29-15-27(32-25)7-6-20-21-5-4-19-9-24-18(14-30-31-24)12-26(19,3)23(21)10-22(20)17(2)11-27/h14,16,19-21,23,25,29H,4-13,15,28H2,1-3H3,(H,30,31). The van der Waals surface area contributed by atoms with Crippen LogP contribution in [0.5, 0.6) is 0 Å². The SMILES string of the molecule is CC1=C2CC3C(CCC4Cc5[nH]ncc5CC43C)C2CCC2(CNC(CC(C)CN)O2)C1. The Balaban J connectivity index is 1.23. The van der Waals surface area contributed by atoms with Crippen LogP contribution in [-0.2, 0) is 17.6 Å². The van der Waals surface area contributed by atoms with E-state index >= 15 is 0 Å². The maximum absolute atomic E-state index is 6.74. The van der Waals surface area contributed by atoms with E-state index in [1.807, 2.05) is 5.57 Å². The molecule has 2 heterocycles. The fraction of sp³-hybridized carbons (Fsp3) is 0.815. The van der Waals surface area contributed by atoms with Gasteiger partial charge in [-0.3, -0.25) is 10.4 Å². The van der Waals surface area contributed by atoms with Gasteiger partial charge < -0.3 is 10.5 Å². The lowest BCUT2D eigenvalue weighted by atomic mass is 9.52. The van der Waals surface area contributed by atoms with Crippen molar-refractivity contribution in [2.75, 3.05) is 13.1 Å². The molecule has 1 spiro atoms. The number of fused-ring (bicyclic) bond motifs is 6. The Morgan fingerprint density at radius 2 is 2.12 bits per heavy atom. The van der Waals surface area contributed by atoms with Crippen molar-refractivity contribution in [1.82, 2.24) is 15.5 Å². The van der Waals surface area contributed by atoms with Gasteiger partial charge in [0.2, 0.25) is 0 Å². The topological polar surface area (TPSA) is 76.0 Å². The van der Waals surface area contributed by atoms with Gasteiger partial charge in [-0.2, -0.15) is 5.10 Å². The number of ether oxygens (including phenoxy) is 1. The average molecular weight is 439 g/mol. The van der Waals surface area contributed by atoms with E-state index in [2.05, 4.69) is 42.5 Å². The quantitative estimate of drug-likeness (QED) is 0.614. The van der Waals surface area contributed by atoms with Crippen molar-refractivity contribution in [3.8, 4) is 0 Å². The molecular formula is C27H42N4O. The number of hydrogen-bond donors (Lipinski definition) is 3. The fourth-order valence-electron chi connectivity index (χ4n) is 8.68. The number of aromatic nitrogens is 2. The van der Waals surface area contributed by atoms with Crippen molar-refractivity contribution >= 4 is 0 Å². The Kier molecular flexibility index (Phi) is 5.13. The van der Waals surface area contributed by atoms with E-state index in [0.717, 1.165) is 49.6 Å². The molecule has 2 saturated carbocycles. The van der Waals surface area contributed by atoms with Crippen molar-refractivity contribution in [2.45, 2.75) is 90.4 Å². The number of nitrogens with one attached hydrogen (secondary N) is 2. The van der Waals surface area contributed by atoms with Crippen LogP contribution in [0.15, 0.2) is 17.3 Å². The molecule has 176 valence electrons. The van der Waals surface area contributed by atoms with Crippen LogP contribution in [-0.4, -0.2) is 35.1 Å². The molecule has 0 aromatic carbocycles. The van der Waals surface area contributed by atoms with Gasteiger partial charge in [-0.1, -0.05) is 25.0 Å². The fourth-order valence-corrected chi connectivity index (χ4v) is 8.68. The summed E-state index contributed by atoms with van der Waals surface area (Å²) in [6, 6.07) is 0. The van der Waals surface area contributed by atoms with Crippen molar-refractivity contribution < 1.29 is 4.74 Å². The minimum atomic E-state index is 0.00748. The molecule has 8 atom stereocenters. The van der Waals surface area contributed by atoms with Gasteiger partial charge in [0.05, 0.1) is 11.8 Å². The van der Waals surface area contributed by atoms with Gasteiger partial charge in [0, 0.05) is 12.2 Å². The zero-order valence-electron chi connectivity index (χ0n) is 20.3. The normalized spacial score (nSPS) is 44.1. The zero-order valence-corrected chi connectivity index (χ0v) is 20.3. The van der Waals surface area contributed by atoms with Gasteiger partial charge in [0.15, 0.2) is 0 Å². The predicted molar refractivity (Wildman–Crippen MR) is 127 cm³/mol. The molecule has 32 heavy (non-hydrogen) atoms. The van der Waals surface area contributed by atoms with E-state index in [4.69, 9.17) is 10.5 Å². The van der Waals surface area contributed by atoms with Crippen LogP contribution in [0.3, 0.4) is 0 Å². The second-order valence-electron chi connectivity index (χ2n) is 12.4. The average Bonchev–Trinajstić information content (AvgIpc) is 3.45. The second kappa shape index (κ2) is 7.68. The number of nitrogens with two attached hydrogens (primary N) is 1. The molecule has 4 aliphatic carbocycles. The second-order valence-corrected chi connectivity index (χ2v) is 12.4. The van der Waals surface area contributed by atoms with Gasteiger partial charge in [-0.15, -0.1) is 0 Å². The first kappa shape index (κ1) is 21.4. The summed E-state index contributed by atoms with van der Waals surface area (Å²) in [4.78, 5) is 0. The van der Waals surface area contributed by atoms with Crippen LogP contribution >= 0.6 is 0 Å². The molecule has 4 N–H and O–H groups in total. The molecule has 1 aliphatic heterocycles. The molecule has 1 saturated heterocycles. The minimum Gasteiger partial charge on any atom is -0.355 e. The number of hydrogen-bond acceptors (Lipinski definition) is 4. The van der Waals surface area contributed by atoms with E-state index in [1.165, 1.54) is 56.2 Å². The molecule has 5 nitrogen and oxygen atoms in total. The number of nitrogens with zero attached hydrogens (tertiary/aromatic N) is 1. The molecule has 6 rings (SSSR count). The number of allylic oxidation sites excluding steroid dienone is 1. The highest BCUT2D eigenvalue weighted by Gasteiger charge is 2.57. The first-order valence-corrected chi connectivity index (χ1v) is 13.2. The Hall–Kier alpha value is -1.17. The molecule has 1 aromatic heterocycles. The van der Waals surface area contributed by atoms with E-state index in [0.29, 0.717) is 11.3 Å². The van der Waals surface area contributed by atoms with E-state index < -0.39 is 0 Å². The summed E-state index contributed by atoms with van der Waals surface area (Å²) in [6.07, 6.45) is 13.5. The molecule has 1 aromatic rings. The van der Waals surface area contributed by atoms with Crippen molar-refractivity contribution in [3.05, 3.63) is 28.6 Å². The summed E-state index contributed by atoms with van der Waals surface area (Å²) in [5.74, 6) is 3.82. The summed E-state index contributed by atoms with van der Waals surface area (Å²) in [6.45, 7) is 9.03. The molecule has 0 amide bonds. The van der Waals surface area contributed by atoms with Gasteiger partial charge in [0.1, 0.15) is 6.23 Å². The number of H-pyrrole nitrogens is 1. The van der Waals surface area contributed by atoms with Crippen LogP contribution < -0.4 is 11.1 Å². The lowest BCUT2D eigenvalue weighted by Gasteiger charge is -2.52. The Morgan fingerprint density at radius 1 is 1.25 bits per heavy atom. The van der Waals surface area contributed by atoms with Crippen LogP contribution in [0.25, 0.3) is 0 Å². The zero-order chi connectivity index (χ0) is 22.1. The van der Waals surface area contributed by atoms with Gasteiger partial charge >= 0.3 is 0 Å². The summed E-state index contributed by atoms with van der Waals surface area (Å²) in [5.41, 5.74) is 12.7. The van der Waals surface area contributed by atoms with Crippen molar-refractivity contribution in [2.24, 2.45) is 40.7 Å². The highest BCUT2D eigenvalue weighted by molar-refractivity contribution is 5.31. The largest absolute Gasteiger partial charge is 0.355 e. The lowest BCUT2D eigenvalue weighted by molar-refractivity contribution is -0.0549. The third-order valence-corrected chi connectivity index (χ3v) is 10.5. The van der Waals surface area contributed by atoms with Crippen LogP contribution in [0.4, 0.5) is 0 Å². The molecule has 8 unspecified atom stereocenters. The summed E-state index contributed by atoms with van der Waals surface area (Å²) < 4.78 is 6.74. The summed E-state index contributed by atoms with van der Waals surface area (Å²) in [7, 11) is 0. The van der Waals surface area contributed by atoms with Gasteiger partial charge in [-0.25, -0.2) is 0 Å². The molecule has 3 fully saturated rings. The van der Waals surface area contributed by atoms with Crippen molar-refractivity contribution in [3.63, 3.8) is 0 Å². The highest BCUT2D eigenvalue weighted by atomic mass is 16.5. The van der Waals surface area contributed by atoms with Crippen LogP contribution in [0.1, 0.15) is 77.0 Å². The summed E-state index contributed by atoms with van der Waals surface area (Å²) >= 11 is 0.